The Morgan fingerprint density at radius 1 is 1.24 bits per heavy atom. The number of nitro groups is 1. The summed E-state index contributed by atoms with van der Waals surface area (Å²) in [6.07, 6.45) is 1.59. The molecule has 1 heterocycles. The molecule has 1 amide bonds. The number of carbonyl (C=O) groups is 1. The van der Waals surface area contributed by atoms with E-state index in [1.54, 1.807) is 6.07 Å². The van der Waals surface area contributed by atoms with Gasteiger partial charge < -0.3 is 4.90 Å². The average molecular weight is 381 g/mol. The highest BCUT2D eigenvalue weighted by Crippen LogP contribution is 2.33. The van der Waals surface area contributed by atoms with Crippen molar-refractivity contribution in [2.75, 3.05) is 17.7 Å². The molecule has 0 radical (unpaired) electrons. The molecule has 25 heavy (non-hydrogen) atoms. The Morgan fingerprint density at radius 2 is 1.96 bits per heavy atom. The van der Waals surface area contributed by atoms with Crippen LogP contribution in [0.2, 0.25) is 5.02 Å². The number of nitrogens with zero attached hydrogens (tertiary/aromatic N) is 2. The predicted octanol–water partition coefficient (Wildman–Crippen LogP) is 2.85. The van der Waals surface area contributed by atoms with E-state index in [-0.39, 0.29) is 21.2 Å². The zero-order valence-electron chi connectivity index (χ0n) is 13.1. The zero-order valence-corrected chi connectivity index (χ0v) is 14.7. The smallest absolute Gasteiger partial charge is 0.271 e. The van der Waals surface area contributed by atoms with E-state index in [9.17, 15) is 23.3 Å². The van der Waals surface area contributed by atoms with Crippen LogP contribution in [0, 0.1) is 10.1 Å². The summed E-state index contributed by atoms with van der Waals surface area (Å²) in [5, 5.41) is 11.0. The summed E-state index contributed by atoms with van der Waals surface area (Å²) >= 11 is 5.90. The zero-order chi connectivity index (χ0) is 18.4. The fourth-order valence-corrected chi connectivity index (χ4v) is 4.07. The maximum absolute atomic E-state index is 12.8. The second-order valence-corrected chi connectivity index (χ2v) is 8.09. The van der Waals surface area contributed by atoms with Gasteiger partial charge in [-0.05, 0) is 30.2 Å². The maximum Gasteiger partial charge on any atom is 0.271 e. The molecule has 1 aliphatic rings. The van der Waals surface area contributed by atoms with E-state index < -0.39 is 20.7 Å². The van der Waals surface area contributed by atoms with Gasteiger partial charge in [0.1, 0.15) is 0 Å². The van der Waals surface area contributed by atoms with E-state index in [0.717, 1.165) is 11.8 Å². The van der Waals surface area contributed by atoms with Crippen LogP contribution >= 0.6 is 11.6 Å². The molecule has 0 aromatic heterocycles. The summed E-state index contributed by atoms with van der Waals surface area (Å²) < 4.78 is 23.6. The van der Waals surface area contributed by atoms with Crippen molar-refractivity contribution in [1.82, 2.24) is 0 Å². The van der Waals surface area contributed by atoms with Crippen molar-refractivity contribution in [2.45, 2.75) is 11.3 Å². The third-order valence-electron chi connectivity index (χ3n) is 4.00. The van der Waals surface area contributed by atoms with Crippen LogP contribution in [-0.4, -0.2) is 32.0 Å². The van der Waals surface area contributed by atoms with Crippen molar-refractivity contribution >= 4 is 38.7 Å². The van der Waals surface area contributed by atoms with Crippen molar-refractivity contribution in [3.8, 4) is 0 Å². The highest BCUT2D eigenvalue weighted by Gasteiger charge is 2.28. The molecule has 7 nitrogen and oxygen atoms in total. The number of amides is 1. The van der Waals surface area contributed by atoms with Gasteiger partial charge in [-0.1, -0.05) is 17.7 Å². The number of sulfone groups is 1. The number of anilines is 1. The Kier molecular flexibility index (Phi) is 4.26. The van der Waals surface area contributed by atoms with Crippen molar-refractivity contribution < 1.29 is 18.1 Å². The lowest BCUT2D eigenvalue weighted by molar-refractivity contribution is -0.384. The van der Waals surface area contributed by atoms with E-state index in [4.69, 9.17) is 11.6 Å². The summed E-state index contributed by atoms with van der Waals surface area (Å²) in [5.41, 5.74) is 1.35. The first-order chi connectivity index (χ1) is 11.7. The lowest BCUT2D eigenvalue weighted by Crippen LogP contribution is -2.29. The number of non-ortho nitro benzene ring substituents is 1. The summed E-state index contributed by atoms with van der Waals surface area (Å²) in [7, 11) is -3.58. The molecule has 1 aliphatic heterocycles. The molecule has 0 bridgehead atoms. The first-order valence-corrected chi connectivity index (χ1v) is 9.54. The summed E-state index contributed by atoms with van der Waals surface area (Å²) in [5.74, 6) is -0.430. The summed E-state index contributed by atoms with van der Waals surface area (Å²) in [6, 6.07) is 8.41. The molecular weight excluding hydrogens is 368 g/mol. The fraction of sp³-hybridized carbons (Fsp3) is 0.188. The number of nitro benzene ring substituents is 1. The van der Waals surface area contributed by atoms with Crippen molar-refractivity contribution in [3.05, 3.63) is 62.7 Å². The van der Waals surface area contributed by atoms with Gasteiger partial charge in [0, 0.05) is 30.5 Å². The first kappa shape index (κ1) is 17.4. The molecule has 0 saturated carbocycles. The molecular formula is C16H13ClN2O5S. The molecule has 2 aromatic carbocycles. The third-order valence-corrected chi connectivity index (χ3v) is 5.58. The standard InChI is InChI=1S/C16H13ClN2O5S/c1-25(23,24)15-8-11(3-5-13(15)17)16(20)18-7-6-10-2-4-12(19(21)22)9-14(10)18/h2-5,8-9H,6-7H2,1H3. The average Bonchev–Trinajstić information content (AvgIpc) is 2.96. The van der Waals surface area contributed by atoms with Crippen molar-refractivity contribution in [1.29, 1.82) is 0 Å². The Morgan fingerprint density at radius 3 is 2.60 bits per heavy atom. The summed E-state index contributed by atoms with van der Waals surface area (Å²) in [6.45, 7) is 0.367. The SMILES string of the molecule is CS(=O)(=O)c1cc(C(=O)N2CCc3ccc([N+](=O)[O-])cc32)ccc1Cl. The Hall–Kier alpha value is -2.45. The number of hydrogen-bond acceptors (Lipinski definition) is 5. The topological polar surface area (TPSA) is 97.6 Å². The minimum atomic E-state index is -3.58. The van der Waals surface area contributed by atoms with E-state index in [2.05, 4.69) is 0 Å². The Labute approximate surface area is 148 Å². The Bertz CT molecular complexity index is 1000. The van der Waals surface area contributed by atoms with Crippen LogP contribution < -0.4 is 4.90 Å². The second-order valence-electron chi connectivity index (χ2n) is 5.69. The van der Waals surface area contributed by atoms with Gasteiger partial charge in [0.2, 0.25) is 0 Å². The third kappa shape index (κ3) is 3.22. The number of carbonyl (C=O) groups excluding carboxylic acids is 1. The molecule has 9 heteroatoms. The number of fused-ring (bicyclic) bond motifs is 1. The molecule has 0 fully saturated rings. The largest absolute Gasteiger partial charge is 0.307 e. The molecule has 0 spiro atoms. The minimum Gasteiger partial charge on any atom is -0.307 e. The van der Waals surface area contributed by atoms with Crippen molar-refractivity contribution in [3.63, 3.8) is 0 Å². The molecule has 0 atom stereocenters. The van der Waals surface area contributed by atoms with Crippen LogP contribution in [0.15, 0.2) is 41.3 Å². The number of halogens is 1. The van der Waals surface area contributed by atoms with E-state index in [1.165, 1.54) is 35.2 Å². The van der Waals surface area contributed by atoms with Crippen LogP contribution in [0.4, 0.5) is 11.4 Å². The van der Waals surface area contributed by atoms with E-state index in [0.29, 0.717) is 18.7 Å². The van der Waals surface area contributed by atoms with Crippen LogP contribution in [0.5, 0.6) is 0 Å². The maximum atomic E-state index is 12.8. The lowest BCUT2D eigenvalue weighted by Gasteiger charge is -2.18. The molecule has 130 valence electrons. The van der Waals surface area contributed by atoms with Gasteiger partial charge >= 0.3 is 0 Å². The first-order valence-electron chi connectivity index (χ1n) is 7.27. The predicted molar refractivity (Wildman–Crippen MR) is 93.0 cm³/mol. The fourth-order valence-electron chi connectivity index (χ4n) is 2.77. The van der Waals surface area contributed by atoms with Gasteiger partial charge in [-0.15, -0.1) is 0 Å². The molecule has 3 rings (SSSR count). The van der Waals surface area contributed by atoms with Gasteiger partial charge in [-0.2, -0.15) is 0 Å². The van der Waals surface area contributed by atoms with Crippen LogP contribution in [0.1, 0.15) is 15.9 Å². The highest BCUT2D eigenvalue weighted by molar-refractivity contribution is 7.90. The van der Waals surface area contributed by atoms with Gasteiger partial charge in [-0.25, -0.2) is 8.42 Å². The number of hydrogen-bond donors (Lipinski definition) is 0. The van der Waals surface area contributed by atoms with E-state index >= 15 is 0 Å². The van der Waals surface area contributed by atoms with Crippen LogP contribution in [0.25, 0.3) is 0 Å². The molecule has 0 aliphatic carbocycles. The lowest BCUT2D eigenvalue weighted by atomic mass is 10.1. The highest BCUT2D eigenvalue weighted by atomic mass is 35.5. The minimum absolute atomic E-state index is 0.0384. The number of rotatable bonds is 3. The van der Waals surface area contributed by atoms with E-state index in [1.807, 2.05) is 0 Å². The second kappa shape index (κ2) is 6.12. The molecule has 0 saturated heterocycles. The van der Waals surface area contributed by atoms with Crippen molar-refractivity contribution in [2.24, 2.45) is 0 Å². The normalized spacial score (nSPS) is 13.6. The van der Waals surface area contributed by atoms with Gasteiger partial charge in [0.15, 0.2) is 9.84 Å². The Balaban J connectivity index is 2.02. The van der Waals surface area contributed by atoms with Gasteiger partial charge in [-0.3, -0.25) is 14.9 Å². The number of benzene rings is 2. The summed E-state index contributed by atoms with van der Waals surface area (Å²) in [4.78, 5) is 24.5. The quantitative estimate of drug-likeness (QED) is 0.602. The molecule has 0 N–H and O–H groups in total. The van der Waals surface area contributed by atoms with Gasteiger partial charge in [0.05, 0.1) is 20.5 Å². The van der Waals surface area contributed by atoms with Gasteiger partial charge in [0.25, 0.3) is 11.6 Å². The van der Waals surface area contributed by atoms with Crippen LogP contribution in [-0.2, 0) is 16.3 Å². The molecule has 0 unspecified atom stereocenters. The molecule has 2 aromatic rings. The monoisotopic (exact) mass is 380 g/mol. The van der Waals surface area contributed by atoms with Crippen LogP contribution in [0.3, 0.4) is 0 Å².